The third-order valence-corrected chi connectivity index (χ3v) is 8.32. The topological polar surface area (TPSA) is 79.8 Å². The average molecular weight is 526 g/mol. The highest BCUT2D eigenvalue weighted by atomic mass is 35.5. The molecule has 3 aromatic rings. The Kier molecular flexibility index (Phi) is 10.3. The summed E-state index contributed by atoms with van der Waals surface area (Å²) in [5.41, 5.74) is 1.17. The number of aromatic nitrogens is 1. The molecule has 3 rings (SSSR count). The predicted molar refractivity (Wildman–Crippen MR) is 142 cm³/mol. The molecule has 0 spiro atoms. The molecule has 34 heavy (non-hydrogen) atoms. The fourth-order valence-corrected chi connectivity index (χ4v) is 5.38. The van der Waals surface area contributed by atoms with Gasteiger partial charge in [0.05, 0.1) is 22.0 Å². The molecule has 10 heteroatoms. The molecule has 0 saturated heterocycles. The number of hydrogen-bond acceptors (Lipinski definition) is 7. The van der Waals surface area contributed by atoms with Crippen LogP contribution in [0.2, 0.25) is 0 Å². The van der Waals surface area contributed by atoms with Crippen molar-refractivity contribution in [3.63, 3.8) is 0 Å². The van der Waals surface area contributed by atoms with E-state index in [1.165, 1.54) is 23.5 Å². The summed E-state index contributed by atoms with van der Waals surface area (Å²) >= 11 is 1.45. The smallest absolute Gasteiger partial charge is 0.260 e. The standard InChI is InChI=1S/C24H31N3O4S2.ClH/c1-5-26(6-2)16-17-27(23(28)18-12-14-19(15-13-18)33(29,30)8-4)24-25-22-20(31-7-3)10-9-11-21(22)32-24;/h9-15H,5-8,16-17H2,1-4H3;1H. The summed E-state index contributed by atoms with van der Waals surface area (Å²) in [5.74, 6) is 0.506. The van der Waals surface area contributed by atoms with E-state index >= 15 is 0 Å². The Morgan fingerprint density at radius 2 is 1.68 bits per heavy atom. The van der Waals surface area contributed by atoms with E-state index < -0.39 is 9.84 Å². The van der Waals surface area contributed by atoms with Crippen LogP contribution in [0.15, 0.2) is 47.4 Å². The first-order valence-electron chi connectivity index (χ1n) is 11.2. The molecule has 1 amide bonds. The quantitative estimate of drug-likeness (QED) is 0.354. The van der Waals surface area contributed by atoms with Gasteiger partial charge in [-0.2, -0.15) is 0 Å². The van der Waals surface area contributed by atoms with Crippen LogP contribution in [0.3, 0.4) is 0 Å². The Morgan fingerprint density at radius 1 is 1.00 bits per heavy atom. The zero-order valence-corrected chi connectivity index (χ0v) is 22.4. The van der Waals surface area contributed by atoms with Crippen molar-refractivity contribution in [1.82, 2.24) is 9.88 Å². The fraction of sp³-hybridized carbons (Fsp3) is 0.417. The number of ether oxygens (including phenoxy) is 1. The van der Waals surface area contributed by atoms with E-state index in [1.54, 1.807) is 24.0 Å². The first-order chi connectivity index (χ1) is 15.8. The van der Waals surface area contributed by atoms with Crippen molar-refractivity contribution in [3.05, 3.63) is 48.0 Å². The Balaban J connectivity index is 0.00000408. The molecular weight excluding hydrogens is 494 g/mol. The molecule has 2 aromatic carbocycles. The highest BCUT2D eigenvalue weighted by Gasteiger charge is 2.23. The first kappa shape index (κ1) is 28.0. The summed E-state index contributed by atoms with van der Waals surface area (Å²) in [6.07, 6.45) is 0. The molecule has 0 atom stereocenters. The number of amides is 1. The van der Waals surface area contributed by atoms with E-state index in [0.717, 1.165) is 23.3 Å². The largest absolute Gasteiger partial charge is 0.492 e. The second kappa shape index (κ2) is 12.5. The van der Waals surface area contributed by atoms with Gasteiger partial charge in [0.15, 0.2) is 15.0 Å². The maximum atomic E-state index is 13.5. The summed E-state index contributed by atoms with van der Waals surface area (Å²) in [5, 5.41) is 0.597. The van der Waals surface area contributed by atoms with Gasteiger partial charge in [-0.25, -0.2) is 13.4 Å². The van der Waals surface area contributed by atoms with Crippen LogP contribution >= 0.6 is 23.7 Å². The summed E-state index contributed by atoms with van der Waals surface area (Å²) in [6, 6.07) is 11.9. The summed E-state index contributed by atoms with van der Waals surface area (Å²) in [6.45, 7) is 11.2. The number of anilines is 1. The van der Waals surface area contributed by atoms with Crippen molar-refractivity contribution in [2.45, 2.75) is 32.6 Å². The van der Waals surface area contributed by atoms with E-state index in [-0.39, 0.29) is 29.0 Å². The highest BCUT2D eigenvalue weighted by Crippen LogP contribution is 2.34. The molecule has 186 valence electrons. The maximum Gasteiger partial charge on any atom is 0.260 e. The Labute approximate surface area is 212 Å². The van der Waals surface area contributed by atoms with Crippen LogP contribution in [0, 0.1) is 0 Å². The van der Waals surface area contributed by atoms with Crippen LogP contribution in [0.1, 0.15) is 38.1 Å². The van der Waals surface area contributed by atoms with Gasteiger partial charge in [-0.1, -0.05) is 38.2 Å². The zero-order valence-electron chi connectivity index (χ0n) is 20.0. The van der Waals surface area contributed by atoms with Gasteiger partial charge in [0, 0.05) is 18.7 Å². The molecule has 0 aliphatic rings. The summed E-state index contributed by atoms with van der Waals surface area (Å²) in [4.78, 5) is 22.5. The molecule has 0 saturated carbocycles. The van der Waals surface area contributed by atoms with Crippen LogP contribution in [-0.2, 0) is 9.84 Å². The average Bonchev–Trinajstić information content (AvgIpc) is 3.27. The van der Waals surface area contributed by atoms with Crippen LogP contribution in [0.25, 0.3) is 10.2 Å². The highest BCUT2D eigenvalue weighted by molar-refractivity contribution is 7.91. The minimum Gasteiger partial charge on any atom is -0.492 e. The lowest BCUT2D eigenvalue weighted by Crippen LogP contribution is -2.38. The number of likely N-dealkylation sites (N-methyl/N-ethyl adjacent to an activating group) is 1. The van der Waals surface area contributed by atoms with Crippen LogP contribution < -0.4 is 9.64 Å². The number of rotatable bonds is 11. The van der Waals surface area contributed by atoms with Gasteiger partial charge in [-0.15, -0.1) is 12.4 Å². The normalized spacial score (nSPS) is 11.4. The predicted octanol–water partition coefficient (Wildman–Crippen LogP) is 4.90. The second-order valence-electron chi connectivity index (χ2n) is 7.44. The number of sulfone groups is 1. The van der Waals surface area contributed by atoms with Crippen molar-refractivity contribution < 1.29 is 17.9 Å². The van der Waals surface area contributed by atoms with Crippen LogP contribution in [0.4, 0.5) is 5.13 Å². The number of fused-ring (bicyclic) bond motifs is 1. The Morgan fingerprint density at radius 3 is 2.26 bits per heavy atom. The SMILES string of the molecule is CCOc1cccc2sc(N(CCN(CC)CC)C(=O)c3ccc(S(=O)(=O)CC)cc3)nc12.Cl. The minimum absolute atomic E-state index is 0. The molecule has 0 aliphatic heterocycles. The summed E-state index contributed by atoms with van der Waals surface area (Å²) in [7, 11) is -3.32. The molecular formula is C24H32ClN3O4S2. The fourth-order valence-electron chi connectivity index (χ4n) is 3.49. The van der Waals surface area contributed by atoms with Gasteiger partial charge in [0.2, 0.25) is 0 Å². The van der Waals surface area contributed by atoms with Gasteiger partial charge in [0.25, 0.3) is 5.91 Å². The van der Waals surface area contributed by atoms with Crippen molar-refractivity contribution in [2.75, 3.05) is 43.4 Å². The maximum absolute atomic E-state index is 13.5. The van der Waals surface area contributed by atoms with Crippen LogP contribution in [0.5, 0.6) is 5.75 Å². The monoisotopic (exact) mass is 525 g/mol. The number of halogens is 1. The van der Waals surface area contributed by atoms with Crippen molar-refractivity contribution in [2.24, 2.45) is 0 Å². The minimum atomic E-state index is -3.32. The lowest BCUT2D eigenvalue weighted by atomic mass is 10.2. The number of para-hydroxylation sites is 1. The van der Waals surface area contributed by atoms with Crippen LogP contribution in [-0.4, -0.2) is 62.7 Å². The van der Waals surface area contributed by atoms with Crippen molar-refractivity contribution in [3.8, 4) is 5.75 Å². The first-order valence-corrected chi connectivity index (χ1v) is 13.7. The van der Waals surface area contributed by atoms with E-state index in [0.29, 0.717) is 36.1 Å². The molecule has 0 fully saturated rings. The number of carbonyl (C=O) groups is 1. The molecule has 0 aliphatic carbocycles. The van der Waals surface area contributed by atoms with E-state index in [4.69, 9.17) is 9.72 Å². The lowest BCUT2D eigenvalue weighted by Gasteiger charge is -2.24. The number of thiazole rings is 1. The zero-order chi connectivity index (χ0) is 24.0. The third-order valence-electron chi connectivity index (χ3n) is 5.52. The Bertz CT molecular complexity index is 1190. The molecule has 1 heterocycles. The number of benzene rings is 2. The van der Waals surface area contributed by atoms with Gasteiger partial charge >= 0.3 is 0 Å². The molecule has 0 bridgehead atoms. The van der Waals surface area contributed by atoms with Gasteiger partial charge in [0.1, 0.15) is 11.3 Å². The molecule has 0 radical (unpaired) electrons. The lowest BCUT2D eigenvalue weighted by molar-refractivity contribution is 0.0983. The number of nitrogens with zero attached hydrogens (tertiary/aromatic N) is 3. The second-order valence-corrected chi connectivity index (χ2v) is 10.7. The number of carbonyl (C=O) groups excluding carboxylic acids is 1. The molecule has 1 aromatic heterocycles. The Hall–Kier alpha value is -2.20. The van der Waals surface area contributed by atoms with Gasteiger partial charge < -0.3 is 9.64 Å². The molecule has 7 nitrogen and oxygen atoms in total. The van der Waals surface area contributed by atoms with Gasteiger partial charge in [-0.05, 0) is 56.4 Å². The van der Waals surface area contributed by atoms with E-state index in [2.05, 4.69) is 18.7 Å². The number of hydrogen-bond donors (Lipinski definition) is 0. The van der Waals surface area contributed by atoms with E-state index in [9.17, 15) is 13.2 Å². The third kappa shape index (κ3) is 6.27. The van der Waals surface area contributed by atoms with Crippen molar-refractivity contribution >= 4 is 54.8 Å². The molecule has 0 unspecified atom stereocenters. The van der Waals surface area contributed by atoms with Crippen molar-refractivity contribution in [1.29, 1.82) is 0 Å². The summed E-state index contributed by atoms with van der Waals surface area (Å²) < 4.78 is 31.0. The van der Waals surface area contributed by atoms with Gasteiger partial charge in [-0.3, -0.25) is 9.69 Å². The molecule has 0 N–H and O–H groups in total. The van der Waals surface area contributed by atoms with E-state index in [1.807, 2.05) is 25.1 Å².